The number of benzene rings is 2. The van der Waals surface area contributed by atoms with Gasteiger partial charge in [-0.1, -0.05) is 42.5 Å². The fourth-order valence-electron chi connectivity index (χ4n) is 3.60. The van der Waals surface area contributed by atoms with Crippen molar-refractivity contribution in [1.29, 1.82) is 0 Å². The van der Waals surface area contributed by atoms with E-state index in [1.165, 1.54) is 25.3 Å². The number of hydrogen-bond acceptors (Lipinski definition) is 7. The van der Waals surface area contributed by atoms with E-state index in [1.54, 1.807) is 19.9 Å². The lowest BCUT2D eigenvalue weighted by Crippen LogP contribution is -2.32. The van der Waals surface area contributed by atoms with Crippen LogP contribution in [0.3, 0.4) is 0 Å². The highest BCUT2D eigenvalue weighted by Crippen LogP contribution is 2.40. The van der Waals surface area contributed by atoms with Crippen molar-refractivity contribution in [3.05, 3.63) is 98.4 Å². The van der Waals surface area contributed by atoms with Crippen molar-refractivity contribution in [2.24, 2.45) is 0 Å². The highest BCUT2D eigenvalue weighted by Gasteiger charge is 2.38. The predicted molar refractivity (Wildman–Crippen MR) is 113 cm³/mol. The van der Waals surface area contributed by atoms with Gasteiger partial charge < -0.3 is 14.8 Å². The van der Waals surface area contributed by atoms with Gasteiger partial charge in [-0.15, -0.1) is 0 Å². The molecule has 1 aliphatic rings. The second kappa shape index (κ2) is 9.25. The average Bonchev–Trinajstić information content (AvgIpc) is 2.77. The Morgan fingerprint density at radius 3 is 2.26 bits per heavy atom. The fourth-order valence-corrected chi connectivity index (χ4v) is 3.60. The van der Waals surface area contributed by atoms with Gasteiger partial charge in [0.2, 0.25) is 0 Å². The number of esters is 2. The van der Waals surface area contributed by atoms with E-state index >= 15 is 0 Å². The molecule has 8 nitrogen and oxygen atoms in total. The molecule has 2 aromatic rings. The molecule has 8 heteroatoms. The fraction of sp³-hybridized carbons (Fsp3) is 0.217. The van der Waals surface area contributed by atoms with E-state index in [2.05, 4.69) is 5.32 Å². The molecule has 2 aromatic carbocycles. The largest absolute Gasteiger partial charge is 0.466 e. The minimum absolute atomic E-state index is 0.0500. The van der Waals surface area contributed by atoms with Gasteiger partial charge in [-0.3, -0.25) is 10.1 Å². The monoisotopic (exact) mass is 422 g/mol. The maximum absolute atomic E-state index is 13.1. The zero-order chi connectivity index (χ0) is 22.5. The number of methoxy groups -OCH3 is 1. The molecule has 1 heterocycles. The molecule has 0 aliphatic carbocycles. The number of nitrogens with zero attached hydrogens (tertiary/aromatic N) is 1. The van der Waals surface area contributed by atoms with E-state index in [1.807, 2.05) is 30.3 Å². The smallest absolute Gasteiger partial charge is 0.337 e. The van der Waals surface area contributed by atoms with Crippen LogP contribution in [0.25, 0.3) is 0 Å². The number of rotatable bonds is 6. The van der Waals surface area contributed by atoms with Crippen molar-refractivity contribution < 1.29 is 24.0 Å². The van der Waals surface area contributed by atoms with Gasteiger partial charge in [0, 0.05) is 23.5 Å². The first-order valence-electron chi connectivity index (χ1n) is 9.55. The van der Waals surface area contributed by atoms with Crippen LogP contribution < -0.4 is 5.32 Å². The summed E-state index contributed by atoms with van der Waals surface area (Å²) >= 11 is 0. The second-order valence-electron chi connectivity index (χ2n) is 7.04. The van der Waals surface area contributed by atoms with Gasteiger partial charge in [0.05, 0.1) is 29.1 Å². The summed E-state index contributed by atoms with van der Waals surface area (Å²) in [5.74, 6) is -2.14. The third kappa shape index (κ3) is 4.63. The van der Waals surface area contributed by atoms with Crippen LogP contribution in [0, 0.1) is 10.1 Å². The molecule has 0 aromatic heterocycles. The highest BCUT2D eigenvalue weighted by molar-refractivity contribution is 5.99. The van der Waals surface area contributed by atoms with Crippen molar-refractivity contribution in [3.8, 4) is 0 Å². The van der Waals surface area contributed by atoms with Crippen molar-refractivity contribution in [2.75, 3.05) is 7.11 Å². The molecule has 0 radical (unpaired) electrons. The van der Waals surface area contributed by atoms with Crippen LogP contribution in [0.5, 0.6) is 0 Å². The normalized spacial score (nSPS) is 15.9. The van der Waals surface area contributed by atoms with Crippen LogP contribution in [0.1, 0.15) is 30.9 Å². The number of non-ortho nitro benzene ring substituents is 1. The molecular formula is C23H22N2O6. The molecule has 3 rings (SSSR count). The van der Waals surface area contributed by atoms with Crippen LogP contribution in [-0.2, 0) is 25.7 Å². The number of carbonyl (C=O) groups is 2. The molecule has 0 saturated carbocycles. The van der Waals surface area contributed by atoms with Crippen LogP contribution in [0.4, 0.5) is 5.69 Å². The molecular weight excluding hydrogens is 400 g/mol. The number of hydrogen-bond donors (Lipinski definition) is 1. The van der Waals surface area contributed by atoms with Gasteiger partial charge in [-0.2, -0.15) is 0 Å². The molecule has 0 bridgehead atoms. The Balaban J connectivity index is 2.05. The number of nitrogens with one attached hydrogen (secondary N) is 1. The lowest BCUT2D eigenvalue weighted by atomic mass is 9.80. The number of carbonyl (C=O) groups excluding carboxylic acids is 2. The van der Waals surface area contributed by atoms with Gasteiger partial charge in [0.15, 0.2) is 0 Å². The second-order valence-corrected chi connectivity index (χ2v) is 7.04. The Morgan fingerprint density at radius 1 is 1.00 bits per heavy atom. The molecule has 1 atom stereocenters. The zero-order valence-corrected chi connectivity index (χ0v) is 17.4. The lowest BCUT2D eigenvalue weighted by molar-refractivity contribution is -0.384. The van der Waals surface area contributed by atoms with Gasteiger partial charge >= 0.3 is 11.9 Å². The molecule has 1 N–H and O–H groups in total. The maximum atomic E-state index is 13.1. The minimum atomic E-state index is -0.878. The molecule has 0 unspecified atom stereocenters. The number of dihydropyridines is 1. The topological polar surface area (TPSA) is 108 Å². The van der Waals surface area contributed by atoms with Crippen LogP contribution in [0.15, 0.2) is 77.1 Å². The van der Waals surface area contributed by atoms with Crippen LogP contribution in [0.2, 0.25) is 0 Å². The Morgan fingerprint density at radius 2 is 1.65 bits per heavy atom. The Bertz CT molecular complexity index is 1090. The average molecular weight is 422 g/mol. The van der Waals surface area contributed by atoms with Gasteiger partial charge in [-0.25, -0.2) is 9.59 Å². The Kier molecular flexibility index (Phi) is 6.49. The highest BCUT2D eigenvalue weighted by atomic mass is 16.6. The number of allylic oxidation sites excluding steroid dienone is 2. The van der Waals surface area contributed by atoms with E-state index < -0.39 is 22.8 Å². The third-order valence-corrected chi connectivity index (χ3v) is 5.01. The third-order valence-electron chi connectivity index (χ3n) is 5.01. The number of nitro groups is 1. The quantitative estimate of drug-likeness (QED) is 0.429. The summed E-state index contributed by atoms with van der Waals surface area (Å²) in [6, 6.07) is 15.0. The molecule has 0 amide bonds. The number of ether oxygens (including phenoxy) is 2. The van der Waals surface area contributed by atoms with E-state index in [4.69, 9.17) is 9.47 Å². The van der Waals surface area contributed by atoms with E-state index in [9.17, 15) is 19.7 Å². The summed E-state index contributed by atoms with van der Waals surface area (Å²) in [4.78, 5) is 36.5. The summed E-state index contributed by atoms with van der Waals surface area (Å²) < 4.78 is 10.5. The molecule has 1 aliphatic heterocycles. The summed E-state index contributed by atoms with van der Waals surface area (Å²) in [6.45, 7) is 3.43. The Labute approximate surface area is 179 Å². The minimum Gasteiger partial charge on any atom is -0.466 e. The summed E-state index contributed by atoms with van der Waals surface area (Å²) in [5, 5.41) is 14.3. The molecule has 31 heavy (non-hydrogen) atoms. The van der Waals surface area contributed by atoms with Crippen LogP contribution >= 0.6 is 0 Å². The van der Waals surface area contributed by atoms with E-state index in [0.29, 0.717) is 17.0 Å². The predicted octanol–water partition coefficient (Wildman–Crippen LogP) is 3.75. The van der Waals surface area contributed by atoms with Gasteiger partial charge in [-0.05, 0) is 25.0 Å². The maximum Gasteiger partial charge on any atom is 0.337 e. The van der Waals surface area contributed by atoms with Crippen molar-refractivity contribution in [2.45, 2.75) is 26.4 Å². The molecule has 0 spiro atoms. The van der Waals surface area contributed by atoms with Crippen LogP contribution in [-0.4, -0.2) is 24.0 Å². The summed E-state index contributed by atoms with van der Waals surface area (Å²) in [6.07, 6.45) is 0. The van der Waals surface area contributed by atoms with Crippen molar-refractivity contribution in [1.82, 2.24) is 5.32 Å². The number of nitro benzene ring substituents is 1. The molecule has 0 fully saturated rings. The lowest BCUT2D eigenvalue weighted by Gasteiger charge is -2.30. The van der Waals surface area contributed by atoms with Gasteiger partial charge in [0.25, 0.3) is 5.69 Å². The Hall–Kier alpha value is -3.94. The summed E-state index contributed by atoms with van der Waals surface area (Å²) in [5.41, 5.74) is 2.47. The summed E-state index contributed by atoms with van der Waals surface area (Å²) in [7, 11) is 1.24. The standard InChI is InChI=1S/C23H22N2O6/c1-14-19(22(26)30-3)21(17-10-7-11-18(12-17)25(28)29)20(15(2)24-14)23(27)31-13-16-8-5-4-6-9-16/h4-12,21,24H,13H2,1-3H3/t21-/m1/s1. The molecule has 160 valence electrons. The van der Waals surface area contributed by atoms with Crippen molar-refractivity contribution in [3.63, 3.8) is 0 Å². The van der Waals surface area contributed by atoms with Crippen molar-refractivity contribution >= 4 is 17.6 Å². The van der Waals surface area contributed by atoms with E-state index in [0.717, 1.165) is 5.56 Å². The van der Waals surface area contributed by atoms with Gasteiger partial charge in [0.1, 0.15) is 6.61 Å². The molecule has 0 saturated heterocycles. The zero-order valence-electron chi connectivity index (χ0n) is 17.4. The van der Waals surface area contributed by atoms with E-state index in [-0.39, 0.29) is 23.4 Å². The SMILES string of the molecule is COC(=O)C1=C(C)NC(C)=C(C(=O)OCc2ccccc2)[C@@H]1c1cccc([N+](=O)[O-])c1. The first-order chi connectivity index (χ1) is 14.8. The first kappa shape index (κ1) is 21.8. The first-order valence-corrected chi connectivity index (χ1v) is 9.55.